The summed E-state index contributed by atoms with van der Waals surface area (Å²) in [4.78, 5) is 29.9. The van der Waals surface area contributed by atoms with Gasteiger partial charge in [0.05, 0.1) is 12.3 Å². The van der Waals surface area contributed by atoms with Gasteiger partial charge in [0, 0.05) is 30.9 Å². The van der Waals surface area contributed by atoms with Crippen LogP contribution in [0.4, 0.5) is 5.69 Å². The summed E-state index contributed by atoms with van der Waals surface area (Å²) in [6.45, 7) is 3.94. The standard InChI is InChI=1S/C19H23N3O2S/c1-14-6-4-7-15(2)19(14)21-17(23)11-22(3)18(24)13-25-12-16-8-5-9-20-10-16/h4-10H,11-13H2,1-3H3,(H,21,23). The van der Waals surface area contributed by atoms with Gasteiger partial charge in [0.25, 0.3) is 0 Å². The van der Waals surface area contributed by atoms with E-state index in [1.54, 1.807) is 19.4 Å². The number of nitrogens with zero attached hydrogens (tertiary/aromatic N) is 2. The summed E-state index contributed by atoms with van der Waals surface area (Å²) >= 11 is 1.52. The van der Waals surface area contributed by atoms with Gasteiger partial charge >= 0.3 is 0 Å². The SMILES string of the molecule is Cc1cccc(C)c1NC(=O)CN(C)C(=O)CSCc1cccnc1. The van der Waals surface area contributed by atoms with E-state index in [9.17, 15) is 9.59 Å². The molecular weight excluding hydrogens is 334 g/mol. The topological polar surface area (TPSA) is 62.3 Å². The molecule has 0 saturated carbocycles. The Morgan fingerprint density at radius 3 is 2.52 bits per heavy atom. The molecule has 2 rings (SSSR count). The van der Waals surface area contributed by atoms with Gasteiger partial charge in [0.1, 0.15) is 0 Å². The van der Waals surface area contributed by atoms with Crippen molar-refractivity contribution in [2.75, 3.05) is 24.7 Å². The number of carbonyl (C=O) groups is 2. The number of carbonyl (C=O) groups excluding carboxylic acids is 2. The van der Waals surface area contributed by atoms with Crippen LogP contribution in [0.3, 0.4) is 0 Å². The van der Waals surface area contributed by atoms with Crippen molar-refractivity contribution in [3.05, 3.63) is 59.4 Å². The molecule has 0 unspecified atom stereocenters. The van der Waals surface area contributed by atoms with Gasteiger partial charge in [0.2, 0.25) is 11.8 Å². The molecule has 2 amide bonds. The van der Waals surface area contributed by atoms with E-state index in [1.165, 1.54) is 16.7 Å². The summed E-state index contributed by atoms with van der Waals surface area (Å²) in [7, 11) is 1.65. The molecule has 0 spiro atoms. The number of thioether (sulfide) groups is 1. The first-order chi connectivity index (χ1) is 12.0. The van der Waals surface area contributed by atoms with Gasteiger partial charge < -0.3 is 10.2 Å². The molecule has 0 bridgehead atoms. The quantitative estimate of drug-likeness (QED) is 0.827. The lowest BCUT2D eigenvalue weighted by Gasteiger charge is -2.18. The molecule has 132 valence electrons. The third kappa shape index (κ3) is 5.90. The Balaban J connectivity index is 1.79. The molecule has 0 fully saturated rings. The maximum Gasteiger partial charge on any atom is 0.243 e. The minimum Gasteiger partial charge on any atom is -0.336 e. The molecule has 0 aliphatic carbocycles. The van der Waals surface area contributed by atoms with Crippen LogP contribution in [-0.2, 0) is 15.3 Å². The molecular formula is C19H23N3O2S. The normalized spacial score (nSPS) is 10.4. The Kier molecular flexibility index (Phi) is 7.01. The predicted molar refractivity (Wildman–Crippen MR) is 103 cm³/mol. The molecule has 25 heavy (non-hydrogen) atoms. The van der Waals surface area contributed by atoms with Gasteiger partial charge in [-0.25, -0.2) is 0 Å². The molecule has 0 aliphatic rings. The first kappa shape index (κ1) is 19.0. The first-order valence-electron chi connectivity index (χ1n) is 8.04. The Bertz CT molecular complexity index is 714. The summed E-state index contributed by atoms with van der Waals surface area (Å²) in [5, 5.41) is 2.90. The number of pyridine rings is 1. The number of nitrogens with one attached hydrogen (secondary N) is 1. The molecule has 1 heterocycles. The number of amides is 2. The van der Waals surface area contributed by atoms with Crippen LogP contribution in [0.25, 0.3) is 0 Å². The molecule has 1 aromatic heterocycles. The van der Waals surface area contributed by atoms with Crippen LogP contribution in [0.2, 0.25) is 0 Å². The van der Waals surface area contributed by atoms with E-state index < -0.39 is 0 Å². The van der Waals surface area contributed by atoms with Crippen molar-refractivity contribution in [1.82, 2.24) is 9.88 Å². The molecule has 5 nitrogen and oxygen atoms in total. The van der Waals surface area contributed by atoms with E-state index in [1.807, 2.05) is 44.2 Å². The highest BCUT2D eigenvalue weighted by Gasteiger charge is 2.14. The van der Waals surface area contributed by atoms with Crippen LogP contribution < -0.4 is 5.32 Å². The van der Waals surface area contributed by atoms with Gasteiger partial charge in [0.15, 0.2) is 0 Å². The Morgan fingerprint density at radius 2 is 1.88 bits per heavy atom. The number of benzene rings is 1. The maximum absolute atomic E-state index is 12.2. The van der Waals surface area contributed by atoms with Crippen LogP contribution in [0.5, 0.6) is 0 Å². The summed E-state index contributed by atoms with van der Waals surface area (Å²) in [6.07, 6.45) is 3.51. The largest absolute Gasteiger partial charge is 0.336 e. The number of hydrogen-bond acceptors (Lipinski definition) is 4. The Hall–Kier alpha value is -2.34. The van der Waals surface area contributed by atoms with Gasteiger partial charge in [-0.05, 0) is 36.6 Å². The van der Waals surface area contributed by atoms with E-state index in [4.69, 9.17) is 0 Å². The molecule has 1 N–H and O–H groups in total. The highest BCUT2D eigenvalue weighted by Crippen LogP contribution is 2.19. The average molecular weight is 357 g/mol. The van der Waals surface area contributed by atoms with E-state index >= 15 is 0 Å². The smallest absolute Gasteiger partial charge is 0.243 e. The van der Waals surface area contributed by atoms with Crippen LogP contribution in [0.15, 0.2) is 42.7 Å². The van der Waals surface area contributed by atoms with Gasteiger partial charge in [-0.15, -0.1) is 11.8 Å². The fourth-order valence-electron chi connectivity index (χ4n) is 2.34. The van der Waals surface area contributed by atoms with Crippen LogP contribution in [0.1, 0.15) is 16.7 Å². The first-order valence-corrected chi connectivity index (χ1v) is 9.19. The number of anilines is 1. The second-order valence-electron chi connectivity index (χ2n) is 5.92. The highest BCUT2D eigenvalue weighted by molar-refractivity contribution is 7.99. The fourth-order valence-corrected chi connectivity index (χ4v) is 3.25. The molecule has 0 aliphatic heterocycles. The summed E-state index contributed by atoms with van der Waals surface area (Å²) < 4.78 is 0. The minimum atomic E-state index is -0.189. The Morgan fingerprint density at radius 1 is 1.16 bits per heavy atom. The number of rotatable bonds is 7. The molecule has 1 aromatic carbocycles. The van der Waals surface area contributed by atoms with Gasteiger partial charge in [-0.1, -0.05) is 24.3 Å². The second kappa shape index (κ2) is 9.22. The van der Waals surface area contributed by atoms with Crippen LogP contribution in [0, 0.1) is 13.8 Å². The van der Waals surface area contributed by atoms with Crippen molar-refractivity contribution < 1.29 is 9.59 Å². The minimum absolute atomic E-state index is 0.0417. The Labute approximate surface area is 152 Å². The lowest BCUT2D eigenvalue weighted by molar-refractivity contribution is -0.131. The molecule has 0 atom stereocenters. The third-order valence-electron chi connectivity index (χ3n) is 3.77. The zero-order chi connectivity index (χ0) is 18.2. The number of hydrogen-bond donors (Lipinski definition) is 1. The maximum atomic E-state index is 12.2. The van der Waals surface area contributed by atoms with Gasteiger partial charge in [-0.2, -0.15) is 0 Å². The monoisotopic (exact) mass is 357 g/mol. The van der Waals surface area contributed by atoms with Crippen molar-refractivity contribution in [1.29, 1.82) is 0 Å². The average Bonchev–Trinajstić information content (AvgIpc) is 2.59. The van der Waals surface area contributed by atoms with E-state index in [2.05, 4.69) is 10.3 Å². The lowest BCUT2D eigenvalue weighted by Crippen LogP contribution is -2.36. The summed E-state index contributed by atoms with van der Waals surface area (Å²) in [5.74, 6) is 0.806. The van der Waals surface area contributed by atoms with Crippen molar-refractivity contribution in [3.63, 3.8) is 0 Å². The zero-order valence-electron chi connectivity index (χ0n) is 14.8. The van der Waals surface area contributed by atoms with E-state index in [-0.39, 0.29) is 18.4 Å². The lowest BCUT2D eigenvalue weighted by atomic mass is 10.1. The van der Waals surface area contributed by atoms with Gasteiger partial charge in [-0.3, -0.25) is 14.6 Å². The van der Waals surface area contributed by atoms with Crippen LogP contribution in [-0.4, -0.2) is 41.0 Å². The highest BCUT2D eigenvalue weighted by atomic mass is 32.2. The molecule has 0 radical (unpaired) electrons. The second-order valence-corrected chi connectivity index (χ2v) is 6.90. The third-order valence-corrected chi connectivity index (χ3v) is 4.76. The van der Waals surface area contributed by atoms with Crippen molar-refractivity contribution in [2.45, 2.75) is 19.6 Å². The summed E-state index contributed by atoms with van der Waals surface area (Å²) in [6, 6.07) is 9.71. The molecule has 2 aromatic rings. The number of likely N-dealkylation sites (N-methyl/N-ethyl adjacent to an activating group) is 1. The number of aryl methyl sites for hydroxylation is 2. The van der Waals surface area contributed by atoms with E-state index in [0.29, 0.717) is 5.75 Å². The zero-order valence-corrected chi connectivity index (χ0v) is 15.6. The van der Waals surface area contributed by atoms with E-state index in [0.717, 1.165) is 28.1 Å². The summed E-state index contributed by atoms with van der Waals surface area (Å²) in [5.41, 5.74) is 3.92. The van der Waals surface area contributed by atoms with Crippen molar-refractivity contribution >= 4 is 29.3 Å². The molecule has 0 saturated heterocycles. The van der Waals surface area contributed by atoms with Crippen LogP contribution >= 0.6 is 11.8 Å². The van der Waals surface area contributed by atoms with Crippen molar-refractivity contribution in [2.24, 2.45) is 0 Å². The van der Waals surface area contributed by atoms with Crippen molar-refractivity contribution in [3.8, 4) is 0 Å². The number of aromatic nitrogens is 1. The number of para-hydroxylation sites is 1. The predicted octanol–water partition coefficient (Wildman–Crippen LogP) is 3.03. The fraction of sp³-hybridized carbons (Fsp3) is 0.316. The molecule has 6 heteroatoms.